The number of aryl methyl sites for hydroxylation is 1. The van der Waals surface area contributed by atoms with Crippen LogP contribution in [0.3, 0.4) is 0 Å². The maximum atomic E-state index is 13.6. The number of rotatable bonds is 7. The molecule has 0 unspecified atom stereocenters. The molecule has 0 spiro atoms. The highest BCUT2D eigenvalue weighted by Gasteiger charge is 2.43. The zero-order chi connectivity index (χ0) is 27.2. The van der Waals surface area contributed by atoms with Crippen molar-refractivity contribution in [3.05, 3.63) is 53.6 Å². The quantitative estimate of drug-likeness (QED) is 0.340. The highest BCUT2D eigenvalue weighted by atomic mass is 32.1. The number of pyridine rings is 1. The van der Waals surface area contributed by atoms with Crippen LogP contribution in [-0.2, 0) is 4.79 Å². The van der Waals surface area contributed by atoms with Gasteiger partial charge in [0, 0.05) is 25.7 Å². The molecule has 0 bridgehead atoms. The van der Waals surface area contributed by atoms with Crippen molar-refractivity contribution in [1.29, 1.82) is 0 Å². The Labute approximate surface area is 223 Å². The van der Waals surface area contributed by atoms with Gasteiger partial charge in [-0.2, -0.15) is 0 Å². The third-order valence-corrected chi connectivity index (χ3v) is 7.73. The van der Waals surface area contributed by atoms with E-state index >= 15 is 0 Å². The first kappa shape index (κ1) is 25.8. The molecule has 2 atom stereocenters. The molecule has 198 valence electrons. The van der Waals surface area contributed by atoms with Gasteiger partial charge in [-0.15, -0.1) is 11.3 Å². The third-order valence-electron chi connectivity index (χ3n) is 6.63. The number of aliphatic hydroxyl groups excluding tert-OH is 1. The van der Waals surface area contributed by atoms with Crippen molar-refractivity contribution in [2.45, 2.75) is 44.9 Å². The fourth-order valence-electron chi connectivity index (χ4n) is 5.02. The maximum Gasteiger partial charge on any atom is 0.331 e. The molecule has 4 heterocycles. The molecular formula is C27H29N5O5S. The van der Waals surface area contributed by atoms with E-state index in [2.05, 4.69) is 27.5 Å². The van der Waals surface area contributed by atoms with Gasteiger partial charge in [0.25, 0.3) is 5.91 Å². The minimum Gasteiger partial charge on any atom is -0.491 e. The highest BCUT2D eigenvalue weighted by molar-refractivity contribution is 7.21. The van der Waals surface area contributed by atoms with Crippen LogP contribution in [-0.4, -0.2) is 58.6 Å². The number of piperidine rings is 1. The molecule has 4 N–H and O–H groups in total. The van der Waals surface area contributed by atoms with Gasteiger partial charge >= 0.3 is 6.03 Å². The summed E-state index contributed by atoms with van der Waals surface area (Å²) in [5.41, 5.74) is 1.10. The molecule has 2 aliphatic rings. The number of benzene rings is 1. The second-order valence-corrected chi connectivity index (χ2v) is 10.8. The van der Waals surface area contributed by atoms with E-state index in [1.807, 2.05) is 39.0 Å². The lowest BCUT2D eigenvalue weighted by Gasteiger charge is -2.38. The van der Waals surface area contributed by atoms with Gasteiger partial charge in [0.05, 0.1) is 34.7 Å². The van der Waals surface area contributed by atoms with Gasteiger partial charge in [0.2, 0.25) is 0 Å². The number of carbonyl (C=O) groups is 3. The van der Waals surface area contributed by atoms with E-state index in [4.69, 9.17) is 4.74 Å². The molecule has 0 aliphatic carbocycles. The van der Waals surface area contributed by atoms with Gasteiger partial charge in [-0.25, -0.2) is 9.78 Å². The fraction of sp³-hybridized carbons (Fsp3) is 0.333. The van der Waals surface area contributed by atoms with E-state index in [9.17, 15) is 19.5 Å². The van der Waals surface area contributed by atoms with Gasteiger partial charge < -0.3 is 25.8 Å². The number of aromatic nitrogens is 1. The smallest absolute Gasteiger partial charge is 0.331 e. The molecule has 2 aliphatic heterocycles. The first-order chi connectivity index (χ1) is 18.1. The number of β-amino-alcohol motifs (C(OH)–C–C–N with tert-alkyl or cyclic N) is 1. The monoisotopic (exact) mass is 535 g/mol. The van der Waals surface area contributed by atoms with Crippen LogP contribution < -0.4 is 25.6 Å². The number of aliphatic hydroxyl groups is 1. The van der Waals surface area contributed by atoms with Crippen LogP contribution >= 0.6 is 11.3 Å². The molecule has 1 saturated heterocycles. The molecule has 10 nitrogen and oxygen atoms in total. The van der Waals surface area contributed by atoms with Crippen molar-refractivity contribution in [1.82, 2.24) is 15.6 Å². The average Bonchev–Trinajstić information content (AvgIpc) is 3.23. The molecule has 0 saturated carbocycles. The number of thiophene rings is 1. The summed E-state index contributed by atoms with van der Waals surface area (Å²) < 4.78 is 5.79. The van der Waals surface area contributed by atoms with Crippen LogP contribution in [0, 0.1) is 6.92 Å². The lowest BCUT2D eigenvalue weighted by atomic mass is 9.84. The molecule has 11 heteroatoms. The standard InChI is InChI=1S/C27H29N5O5S/c1-5-20(34)27(11-16(33)12-28-13-27)31-24(35)23-22-21-19(8-9-29-25(21)38-23)32(26(36)30-22)18-7-6-17(10-15(18)4)37-14(2)3/h5-10,14,16,28,33H,1,11-13H2,2-4H3,(H,30,36)(H,31,35)/t16-,27-/m1/s1. The number of hydrogen-bond donors (Lipinski definition) is 4. The summed E-state index contributed by atoms with van der Waals surface area (Å²) in [6.07, 6.45) is 2.01. The molecule has 1 aromatic carbocycles. The van der Waals surface area contributed by atoms with Crippen molar-refractivity contribution >= 4 is 56.3 Å². The maximum absolute atomic E-state index is 13.6. The van der Waals surface area contributed by atoms with Crippen LogP contribution in [0.5, 0.6) is 5.75 Å². The predicted octanol–water partition coefficient (Wildman–Crippen LogP) is 3.65. The average molecular weight is 536 g/mol. The summed E-state index contributed by atoms with van der Waals surface area (Å²) in [6, 6.07) is 6.84. The number of ether oxygens (including phenoxy) is 1. The summed E-state index contributed by atoms with van der Waals surface area (Å²) in [4.78, 5) is 46.6. The molecule has 3 aromatic rings. The first-order valence-electron chi connectivity index (χ1n) is 12.3. The largest absolute Gasteiger partial charge is 0.491 e. The first-order valence-corrected chi connectivity index (χ1v) is 13.1. The van der Waals surface area contributed by atoms with E-state index in [0.717, 1.165) is 23.0 Å². The van der Waals surface area contributed by atoms with Crippen molar-refractivity contribution in [2.24, 2.45) is 0 Å². The van der Waals surface area contributed by atoms with E-state index < -0.39 is 29.4 Å². The highest BCUT2D eigenvalue weighted by Crippen LogP contribution is 2.46. The topological polar surface area (TPSA) is 133 Å². The Hall–Kier alpha value is -3.80. The van der Waals surface area contributed by atoms with Crippen LogP contribution in [0.1, 0.15) is 35.5 Å². The molecular weight excluding hydrogens is 506 g/mol. The number of hydrogen-bond acceptors (Lipinski definition) is 8. The third kappa shape index (κ3) is 4.42. The summed E-state index contributed by atoms with van der Waals surface area (Å²) >= 11 is 1.13. The minimum absolute atomic E-state index is 0.0184. The van der Waals surface area contributed by atoms with E-state index in [0.29, 0.717) is 39.6 Å². The van der Waals surface area contributed by atoms with Gasteiger partial charge in [0.15, 0.2) is 5.78 Å². The molecule has 38 heavy (non-hydrogen) atoms. The molecule has 3 amide bonds. The fourth-order valence-corrected chi connectivity index (χ4v) is 6.04. The van der Waals surface area contributed by atoms with Crippen molar-refractivity contribution < 1.29 is 24.2 Å². The Kier molecular flexibility index (Phi) is 6.68. The van der Waals surface area contributed by atoms with Gasteiger partial charge in [0.1, 0.15) is 21.0 Å². The van der Waals surface area contributed by atoms with Crippen LogP contribution in [0.4, 0.5) is 21.9 Å². The lowest BCUT2D eigenvalue weighted by Crippen LogP contribution is -2.65. The number of nitrogens with zero attached hydrogens (tertiary/aromatic N) is 2. The Morgan fingerprint density at radius 2 is 2.13 bits per heavy atom. The van der Waals surface area contributed by atoms with Gasteiger partial charge in [-0.05, 0) is 56.7 Å². The Morgan fingerprint density at radius 1 is 1.34 bits per heavy atom. The van der Waals surface area contributed by atoms with Gasteiger partial charge in [-0.3, -0.25) is 14.5 Å². The lowest BCUT2D eigenvalue weighted by molar-refractivity contribution is -0.122. The number of anilines is 3. The number of nitrogens with one attached hydrogen (secondary N) is 3. The Morgan fingerprint density at radius 3 is 2.82 bits per heavy atom. The second-order valence-electron chi connectivity index (χ2n) is 9.79. The van der Waals surface area contributed by atoms with Crippen molar-refractivity contribution in [2.75, 3.05) is 23.3 Å². The summed E-state index contributed by atoms with van der Waals surface area (Å²) in [5.74, 6) is -0.236. The van der Waals surface area contributed by atoms with Crippen molar-refractivity contribution in [3.8, 4) is 5.75 Å². The van der Waals surface area contributed by atoms with E-state index in [1.54, 1.807) is 17.2 Å². The molecule has 5 rings (SSSR count). The van der Waals surface area contributed by atoms with Crippen LogP contribution in [0.2, 0.25) is 0 Å². The zero-order valence-electron chi connectivity index (χ0n) is 21.3. The summed E-state index contributed by atoms with van der Waals surface area (Å²) in [6.45, 7) is 9.83. The second kappa shape index (κ2) is 9.82. The molecule has 1 fully saturated rings. The summed E-state index contributed by atoms with van der Waals surface area (Å²) in [5, 5.41) is 19.5. The normalized spacial score (nSPS) is 20.8. The minimum atomic E-state index is -1.35. The predicted molar refractivity (Wildman–Crippen MR) is 147 cm³/mol. The SMILES string of the molecule is C=CC(=O)[C@]1(NC(=O)c2sc3nccc4c3c2NC(=O)N4c2ccc(OC(C)C)cc2C)CNC[C@H](O)C1. The van der Waals surface area contributed by atoms with Crippen LogP contribution in [0.25, 0.3) is 10.2 Å². The zero-order valence-corrected chi connectivity index (χ0v) is 22.1. The number of amides is 3. The molecule has 2 aromatic heterocycles. The van der Waals surface area contributed by atoms with E-state index in [1.165, 1.54) is 0 Å². The molecule has 0 radical (unpaired) electrons. The van der Waals surface area contributed by atoms with Crippen LogP contribution in [0.15, 0.2) is 43.1 Å². The van der Waals surface area contributed by atoms with Crippen molar-refractivity contribution in [3.63, 3.8) is 0 Å². The number of urea groups is 1. The summed E-state index contributed by atoms with van der Waals surface area (Å²) in [7, 11) is 0. The number of carbonyl (C=O) groups excluding carboxylic acids is 3. The Bertz CT molecular complexity index is 1470. The van der Waals surface area contributed by atoms with E-state index in [-0.39, 0.29) is 23.9 Å². The Balaban J connectivity index is 1.54. The number of ketones is 1. The van der Waals surface area contributed by atoms with Gasteiger partial charge in [-0.1, -0.05) is 6.58 Å².